The topological polar surface area (TPSA) is 75.7 Å². The maximum atomic E-state index is 10.9. The molecule has 0 atom stereocenters. The molecule has 0 spiro atoms. The van der Waals surface area contributed by atoms with Crippen LogP contribution in [0.5, 0.6) is 0 Å². The molecule has 0 aromatic heterocycles. The molecule has 0 heterocycles. The van der Waals surface area contributed by atoms with Crippen molar-refractivity contribution in [2.45, 2.75) is 70.0 Å². The van der Waals surface area contributed by atoms with Crippen molar-refractivity contribution >= 4 is 10.1 Å². The molecule has 1 aliphatic rings. The molecule has 22 heavy (non-hydrogen) atoms. The second kappa shape index (κ2) is 11.9. The van der Waals surface area contributed by atoms with Gasteiger partial charge in [-0.2, -0.15) is 4.89 Å². The Morgan fingerprint density at radius 2 is 1.86 bits per heavy atom. The summed E-state index contributed by atoms with van der Waals surface area (Å²) in [5, 5.41) is -0.657. The fraction of sp³-hybridized carbons (Fsp3) is 0.867. The van der Waals surface area contributed by atoms with Crippen LogP contribution in [-0.2, 0) is 19.9 Å². The molecule has 0 aromatic carbocycles. The Kier molecular flexibility index (Phi) is 12.1. The molecule has 0 N–H and O–H groups in total. The maximum absolute atomic E-state index is 10.9. The van der Waals surface area contributed by atoms with Gasteiger partial charge in [-0.25, -0.2) is 8.42 Å². The van der Waals surface area contributed by atoms with E-state index in [1.54, 1.807) is 0 Å². The largest absolute Gasteiger partial charge is 1.00 e. The van der Waals surface area contributed by atoms with Crippen LogP contribution in [0.1, 0.15) is 64.7 Å². The Morgan fingerprint density at radius 1 is 1.23 bits per heavy atom. The fourth-order valence-electron chi connectivity index (χ4n) is 2.75. The minimum atomic E-state index is -4.09. The SMILES string of the molecule is C=C(CCC)OOCCCCC1CCC(S(=O)(=O)[O-])CC1.[Na+]. The van der Waals surface area contributed by atoms with Gasteiger partial charge in [0.1, 0.15) is 5.76 Å². The van der Waals surface area contributed by atoms with Crippen LogP contribution >= 0.6 is 0 Å². The van der Waals surface area contributed by atoms with Crippen molar-refractivity contribution in [3.05, 3.63) is 12.3 Å². The Balaban J connectivity index is 0.00000441. The Morgan fingerprint density at radius 3 is 2.41 bits per heavy atom. The van der Waals surface area contributed by atoms with Crippen molar-refractivity contribution in [1.29, 1.82) is 0 Å². The molecular formula is C15H27NaO5S. The third-order valence-corrected chi connectivity index (χ3v) is 5.29. The monoisotopic (exact) mass is 342 g/mol. The van der Waals surface area contributed by atoms with Crippen molar-refractivity contribution in [2.24, 2.45) is 5.92 Å². The molecule has 5 nitrogen and oxygen atoms in total. The molecule has 1 saturated carbocycles. The van der Waals surface area contributed by atoms with E-state index in [9.17, 15) is 13.0 Å². The molecule has 0 unspecified atom stereocenters. The van der Waals surface area contributed by atoms with Crippen LogP contribution in [-0.4, -0.2) is 24.8 Å². The summed E-state index contributed by atoms with van der Waals surface area (Å²) < 4.78 is 32.8. The first-order chi connectivity index (χ1) is 9.93. The third-order valence-electron chi connectivity index (χ3n) is 4.00. The van der Waals surface area contributed by atoms with Gasteiger partial charge in [-0.15, -0.1) is 0 Å². The predicted molar refractivity (Wildman–Crippen MR) is 80.4 cm³/mol. The molecule has 1 fully saturated rings. The van der Waals surface area contributed by atoms with Crippen LogP contribution in [0.2, 0.25) is 0 Å². The normalized spacial score (nSPS) is 21.9. The first kappa shape index (κ1) is 22.4. The molecule has 0 saturated heterocycles. The first-order valence-corrected chi connectivity index (χ1v) is 9.32. The summed E-state index contributed by atoms with van der Waals surface area (Å²) in [6.45, 7) is 6.35. The van der Waals surface area contributed by atoms with E-state index in [0.717, 1.165) is 44.9 Å². The van der Waals surface area contributed by atoms with E-state index in [0.29, 0.717) is 31.1 Å². The van der Waals surface area contributed by atoms with Gasteiger partial charge in [-0.3, -0.25) is 0 Å². The smallest absolute Gasteiger partial charge is 0.748 e. The van der Waals surface area contributed by atoms with E-state index in [1.165, 1.54) is 0 Å². The summed E-state index contributed by atoms with van der Waals surface area (Å²) in [6.07, 6.45) is 7.54. The second-order valence-electron chi connectivity index (χ2n) is 5.83. The van der Waals surface area contributed by atoms with Gasteiger partial charge in [-0.05, 0) is 44.4 Å². The van der Waals surface area contributed by atoms with E-state index < -0.39 is 15.4 Å². The summed E-state index contributed by atoms with van der Waals surface area (Å²) in [7, 11) is -4.09. The zero-order chi connectivity index (χ0) is 15.7. The van der Waals surface area contributed by atoms with Gasteiger partial charge in [0.25, 0.3) is 0 Å². The Bertz CT molecular complexity index is 402. The van der Waals surface area contributed by atoms with Crippen LogP contribution in [0.4, 0.5) is 0 Å². The molecule has 7 heteroatoms. The number of hydrogen-bond donors (Lipinski definition) is 0. The van der Waals surface area contributed by atoms with Crippen molar-refractivity contribution in [2.75, 3.05) is 6.61 Å². The van der Waals surface area contributed by atoms with E-state index in [-0.39, 0.29) is 29.6 Å². The van der Waals surface area contributed by atoms with Gasteiger partial charge >= 0.3 is 29.6 Å². The molecule has 0 radical (unpaired) electrons. The fourth-order valence-corrected chi connectivity index (χ4v) is 3.60. The molecule has 0 amide bonds. The predicted octanol–water partition coefficient (Wildman–Crippen LogP) is 0.527. The first-order valence-electron chi connectivity index (χ1n) is 7.85. The Hall–Kier alpha value is 0.410. The van der Waals surface area contributed by atoms with Crippen LogP contribution in [0.3, 0.4) is 0 Å². The summed E-state index contributed by atoms with van der Waals surface area (Å²) in [4.78, 5) is 10.1. The summed E-state index contributed by atoms with van der Waals surface area (Å²) in [6, 6.07) is 0. The van der Waals surface area contributed by atoms with Crippen molar-refractivity contribution in [3.63, 3.8) is 0 Å². The number of hydrogen-bond acceptors (Lipinski definition) is 5. The molecular weight excluding hydrogens is 315 g/mol. The third kappa shape index (κ3) is 9.53. The minimum Gasteiger partial charge on any atom is -0.748 e. The van der Waals surface area contributed by atoms with Crippen LogP contribution in [0.15, 0.2) is 12.3 Å². The average Bonchev–Trinajstić information content (AvgIpc) is 2.42. The molecule has 1 aliphatic carbocycles. The number of rotatable bonds is 10. The van der Waals surface area contributed by atoms with Gasteiger partial charge in [0.05, 0.1) is 16.7 Å². The van der Waals surface area contributed by atoms with E-state index >= 15 is 0 Å². The zero-order valence-corrected chi connectivity index (χ0v) is 16.7. The Labute approximate surface area is 156 Å². The quantitative estimate of drug-likeness (QED) is 0.145. The van der Waals surface area contributed by atoms with Crippen molar-refractivity contribution in [3.8, 4) is 0 Å². The van der Waals surface area contributed by atoms with Gasteiger partial charge in [0, 0.05) is 11.7 Å². The summed E-state index contributed by atoms with van der Waals surface area (Å²) in [5.74, 6) is 1.20. The van der Waals surface area contributed by atoms with Crippen molar-refractivity contribution < 1.29 is 52.3 Å². The molecule has 1 rings (SSSR count). The zero-order valence-electron chi connectivity index (χ0n) is 13.9. The van der Waals surface area contributed by atoms with Gasteiger partial charge in [-0.1, -0.05) is 26.3 Å². The molecule has 124 valence electrons. The van der Waals surface area contributed by atoms with Gasteiger partial charge in [0.15, 0.2) is 0 Å². The number of allylic oxidation sites excluding steroid dienone is 1. The maximum Gasteiger partial charge on any atom is 1.00 e. The molecule has 0 aliphatic heterocycles. The summed E-state index contributed by atoms with van der Waals surface area (Å²) in [5.41, 5.74) is 0. The van der Waals surface area contributed by atoms with E-state index in [1.807, 2.05) is 0 Å². The van der Waals surface area contributed by atoms with Crippen LogP contribution in [0.25, 0.3) is 0 Å². The molecule has 0 aromatic rings. The average molecular weight is 342 g/mol. The van der Waals surface area contributed by atoms with Crippen LogP contribution < -0.4 is 29.6 Å². The molecule has 0 bridgehead atoms. The minimum absolute atomic E-state index is 0. The number of unbranched alkanes of at least 4 members (excludes halogenated alkanes) is 1. The van der Waals surface area contributed by atoms with E-state index in [4.69, 9.17) is 9.78 Å². The van der Waals surface area contributed by atoms with E-state index in [2.05, 4.69) is 13.5 Å². The van der Waals surface area contributed by atoms with Gasteiger partial charge < -0.3 is 9.44 Å². The standard InChI is InChI=1S/C15H28O5S.Na/c1-3-6-13(2)20-19-12-5-4-7-14-8-10-15(11-9-14)21(16,17)18;/h14-15H,2-12H2,1H3,(H,16,17,18);/q;+1/p-1. The van der Waals surface area contributed by atoms with Gasteiger partial charge in [0.2, 0.25) is 0 Å². The summed E-state index contributed by atoms with van der Waals surface area (Å²) >= 11 is 0. The van der Waals surface area contributed by atoms with Crippen molar-refractivity contribution in [1.82, 2.24) is 0 Å². The second-order valence-corrected chi connectivity index (χ2v) is 7.48. The van der Waals surface area contributed by atoms with Crippen LogP contribution in [0, 0.1) is 5.92 Å².